The molecule has 1 aliphatic rings. The van der Waals surface area contributed by atoms with Gasteiger partial charge in [0.2, 0.25) is 17.2 Å². The van der Waals surface area contributed by atoms with Crippen LogP contribution in [0.4, 0.5) is 17.6 Å². The third-order valence-corrected chi connectivity index (χ3v) is 3.63. The quantitative estimate of drug-likeness (QED) is 0.896. The molecule has 1 fully saturated rings. The lowest BCUT2D eigenvalue weighted by Crippen LogP contribution is -2.37. The van der Waals surface area contributed by atoms with Crippen molar-refractivity contribution in [1.82, 2.24) is 15.0 Å². The van der Waals surface area contributed by atoms with Gasteiger partial charge in [0.1, 0.15) is 0 Å². The fourth-order valence-electron chi connectivity index (χ4n) is 2.00. The third kappa shape index (κ3) is 3.81. The van der Waals surface area contributed by atoms with E-state index in [-0.39, 0.29) is 5.28 Å². The van der Waals surface area contributed by atoms with Gasteiger partial charge in [0.15, 0.2) is 0 Å². The first kappa shape index (κ1) is 14.5. The van der Waals surface area contributed by atoms with Crippen molar-refractivity contribution < 1.29 is 4.74 Å². The number of benzene rings is 1. The topological polar surface area (TPSA) is 63.2 Å². The number of nitrogens with zero attached hydrogens (tertiary/aromatic N) is 4. The molecule has 21 heavy (non-hydrogen) atoms. The Balaban J connectivity index is 1.83. The number of nitrogens with one attached hydrogen (secondary N) is 1. The largest absolute Gasteiger partial charge is 0.378 e. The molecule has 0 atom stereocenters. The molecule has 0 saturated carbocycles. The van der Waals surface area contributed by atoms with Crippen molar-refractivity contribution in [2.75, 3.05) is 36.5 Å². The second-order valence-electron chi connectivity index (χ2n) is 4.46. The van der Waals surface area contributed by atoms with Crippen LogP contribution in [0.3, 0.4) is 0 Å². The molecule has 1 aromatic carbocycles. The van der Waals surface area contributed by atoms with Crippen molar-refractivity contribution in [3.63, 3.8) is 0 Å². The molecule has 1 aromatic heterocycles. The fourth-order valence-corrected chi connectivity index (χ4v) is 2.55. The Kier molecular flexibility index (Phi) is 4.52. The number of ether oxygens (including phenoxy) is 1. The highest BCUT2D eigenvalue weighted by atomic mass is 79.9. The van der Waals surface area contributed by atoms with Gasteiger partial charge in [-0.15, -0.1) is 0 Å². The van der Waals surface area contributed by atoms with Gasteiger partial charge in [0.25, 0.3) is 0 Å². The van der Waals surface area contributed by atoms with Crippen LogP contribution in [0.15, 0.2) is 28.7 Å². The van der Waals surface area contributed by atoms with Gasteiger partial charge in [-0.3, -0.25) is 0 Å². The highest BCUT2D eigenvalue weighted by molar-refractivity contribution is 9.10. The van der Waals surface area contributed by atoms with Crippen LogP contribution < -0.4 is 10.2 Å². The molecule has 0 aliphatic carbocycles. The summed E-state index contributed by atoms with van der Waals surface area (Å²) in [4.78, 5) is 14.7. The molecule has 0 amide bonds. The van der Waals surface area contributed by atoms with Crippen molar-refractivity contribution in [2.24, 2.45) is 0 Å². The molecule has 0 radical (unpaired) electrons. The van der Waals surface area contributed by atoms with E-state index < -0.39 is 0 Å². The Bertz CT molecular complexity index is 636. The first-order chi connectivity index (χ1) is 10.2. The number of rotatable bonds is 3. The van der Waals surface area contributed by atoms with Crippen molar-refractivity contribution in [3.05, 3.63) is 34.0 Å². The van der Waals surface area contributed by atoms with Crippen molar-refractivity contribution in [2.45, 2.75) is 0 Å². The zero-order valence-electron chi connectivity index (χ0n) is 11.1. The first-order valence-corrected chi connectivity index (χ1v) is 7.65. The van der Waals surface area contributed by atoms with Gasteiger partial charge in [0.05, 0.1) is 13.2 Å². The van der Waals surface area contributed by atoms with Gasteiger partial charge >= 0.3 is 0 Å². The lowest BCUT2D eigenvalue weighted by atomic mass is 10.3. The van der Waals surface area contributed by atoms with Gasteiger partial charge in [0, 0.05) is 23.2 Å². The summed E-state index contributed by atoms with van der Waals surface area (Å²) >= 11 is 9.42. The van der Waals surface area contributed by atoms with Gasteiger partial charge in [-0.2, -0.15) is 15.0 Å². The molecule has 1 N–H and O–H groups in total. The molecule has 0 spiro atoms. The summed E-state index contributed by atoms with van der Waals surface area (Å²) in [7, 11) is 0. The van der Waals surface area contributed by atoms with Crippen molar-refractivity contribution >= 4 is 45.1 Å². The zero-order valence-corrected chi connectivity index (χ0v) is 13.4. The molecule has 0 unspecified atom stereocenters. The van der Waals surface area contributed by atoms with E-state index in [1.165, 1.54) is 0 Å². The molecular weight excluding hydrogens is 358 g/mol. The Labute approximate surface area is 135 Å². The van der Waals surface area contributed by atoms with Crippen LogP contribution in [-0.4, -0.2) is 41.3 Å². The minimum absolute atomic E-state index is 0.170. The Morgan fingerprint density at radius 3 is 2.76 bits per heavy atom. The molecule has 6 nitrogen and oxygen atoms in total. The molecular formula is C13H13BrClN5O. The van der Waals surface area contributed by atoms with Crippen molar-refractivity contribution in [1.29, 1.82) is 0 Å². The normalized spacial score (nSPS) is 15.0. The maximum absolute atomic E-state index is 6.00. The molecule has 0 bridgehead atoms. The predicted molar refractivity (Wildman–Crippen MR) is 85.3 cm³/mol. The van der Waals surface area contributed by atoms with E-state index in [0.29, 0.717) is 25.1 Å². The highest BCUT2D eigenvalue weighted by Gasteiger charge is 2.16. The Morgan fingerprint density at radius 1 is 1.19 bits per heavy atom. The minimum Gasteiger partial charge on any atom is -0.378 e. The molecule has 3 rings (SSSR count). The van der Waals surface area contributed by atoms with Crippen LogP contribution in [0.2, 0.25) is 5.28 Å². The maximum atomic E-state index is 6.00. The number of halogens is 2. The van der Waals surface area contributed by atoms with Crippen molar-refractivity contribution in [3.8, 4) is 0 Å². The molecule has 110 valence electrons. The van der Waals surface area contributed by atoms with Crippen LogP contribution in [0.5, 0.6) is 0 Å². The van der Waals surface area contributed by atoms with E-state index in [9.17, 15) is 0 Å². The Morgan fingerprint density at radius 2 is 2.00 bits per heavy atom. The second-order valence-corrected chi connectivity index (χ2v) is 5.72. The molecule has 2 aromatic rings. The summed E-state index contributed by atoms with van der Waals surface area (Å²) < 4.78 is 6.30. The van der Waals surface area contributed by atoms with Gasteiger partial charge < -0.3 is 15.0 Å². The smallest absolute Gasteiger partial charge is 0.233 e. The van der Waals surface area contributed by atoms with E-state index in [1.807, 2.05) is 29.2 Å². The van der Waals surface area contributed by atoms with Crippen LogP contribution in [0.25, 0.3) is 0 Å². The third-order valence-electron chi connectivity index (χ3n) is 2.97. The van der Waals surface area contributed by atoms with E-state index >= 15 is 0 Å². The van der Waals surface area contributed by atoms with E-state index in [2.05, 4.69) is 36.2 Å². The van der Waals surface area contributed by atoms with Crippen LogP contribution in [0, 0.1) is 0 Å². The first-order valence-electron chi connectivity index (χ1n) is 6.47. The summed E-state index contributed by atoms with van der Waals surface area (Å²) in [6.07, 6.45) is 0. The average molecular weight is 371 g/mol. The summed E-state index contributed by atoms with van der Waals surface area (Å²) in [5, 5.41) is 3.30. The van der Waals surface area contributed by atoms with Crippen LogP contribution in [0.1, 0.15) is 0 Å². The van der Waals surface area contributed by atoms with E-state index in [1.54, 1.807) is 0 Å². The van der Waals surface area contributed by atoms with Gasteiger partial charge in [-0.05, 0) is 29.8 Å². The number of anilines is 3. The summed E-state index contributed by atoms with van der Waals surface area (Å²) in [5.74, 6) is 0.991. The lowest BCUT2D eigenvalue weighted by molar-refractivity contribution is 0.122. The summed E-state index contributed by atoms with van der Waals surface area (Å²) in [5.41, 5.74) is 0.875. The SMILES string of the molecule is Clc1nc(Nc2cccc(Br)c2)nc(N2CCOCC2)n1. The van der Waals surface area contributed by atoms with Crippen LogP contribution >= 0.6 is 27.5 Å². The molecule has 2 heterocycles. The number of aromatic nitrogens is 3. The summed E-state index contributed by atoms with van der Waals surface area (Å²) in [6, 6.07) is 7.74. The van der Waals surface area contributed by atoms with Gasteiger partial charge in [-0.1, -0.05) is 22.0 Å². The molecule has 1 saturated heterocycles. The second kappa shape index (κ2) is 6.55. The fraction of sp³-hybridized carbons (Fsp3) is 0.308. The lowest BCUT2D eigenvalue weighted by Gasteiger charge is -2.26. The number of hydrogen-bond acceptors (Lipinski definition) is 6. The standard InChI is InChI=1S/C13H13BrClN5O/c14-9-2-1-3-10(8-9)16-12-17-11(15)18-13(19-12)20-4-6-21-7-5-20/h1-3,8H,4-7H2,(H,16,17,18,19). The minimum atomic E-state index is 0.170. The number of morpholine rings is 1. The average Bonchev–Trinajstić information content (AvgIpc) is 2.47. The van der Waals surface area contributed by atoms with Crippen LogP contribution in [-0.2, 0) is 4.74 Å². The monoisotopic (exact) mass is 369 g/mol. The molecule has 8 heteroatoms. The zero-order chi connectivity index (χ0) is 14.7. The van der Waals surface area contributed by atoms with E-state index in [0.717, 1.165) is 23.2 Å². The maximum Gasteiger partial charge on any atom is 0.233 e. The number of hydrogen-bond donors (Lipinski definition) is 1. The predicted octanol–water partition coefficient (Wildman–Crippen LogP) is 2.87. The van der Waals surface area contributed by atoms with Gasteiger partial charge in [-0.25, -0.2) is 0 Å². The van der Waals surface area contributed by atoms with E-state index in [4.69, 9.17) is 16.3 Å². The Hall–Kier alpha value is -1.44. The highest BCUT2D eigenvalue weighted by Crippen LogP contribution is 2.21. The summed E-state index contributed by atoms with van der Waals surface area (Å²) in [6.45, 7) is 2.82. The molecule has 1 aliphatic heterocycles.